The molecular weight excluding hydrogens is 696 g/mol. The van der Waals surface area contributed by atoms with Crippen LogP contribution >= 0.6 is 26.9 Å². The molecule has 0 unspecified atom stereocenters. The van der Waals surface area contributed by atoms with Gasteiger partial charge in [0.05, 0.1) is 0 Å². The number of unbranched alkanes of at least 4 members (excludes halogenated alkanes) is 12. The minimum Gasteiger partial charge on any atom is -0.325 e. The molecule has 0 atom stereocenters. The summed E-state index contributed by atoms with van der Waals surface area (Å²) in [7, 11) is 0. The predicted molar refractivity (Wildman–Crippen MR) is 187 cm³/mol. The fourth-order valence-electron chi connectivity index (χ4n) is 2.03. The number of rotatable bonds is 12. The van der Waals surface area contributed by atoms with Gasteiger partial charge in [-0.3, -0.25) is 0 Å². The van der Waals surface area contributed by atoms with E-state index in [1.54, 1.807) is 0 Å². The lowest BCUT2D eigenvalue weighted by Gasteiger charge is -1.90. The molecule has 12 nitrogen and oxygen atoms in total. The van der Waals surface area contributed by atoms with Crippen LogP contribution < -0.4 is 0 Å². The van der Waals surface area contributed by atoms with Crippen LogP contribution in [0, 0.1) is 0 Å². The van der Waals surface area contributed by atoms with Crippen LogP contribution in [0.3, 0.4) is 0 Å². The molecule has 0 heterocycles. The second-order valence-electron chi connectivity index (χ2n) is 8.24. The smallest absolute Gasteiger partial charge is 0.319 e. The fraction of sp³-hybridized carbons (Fsp3) is 1.00. The summed E-state index contributed by atoms with van der Waals surface area (Å²) in [4.78, 5) is 90.7. The second-order valence-corrected chi connectivity index (χ2v) is 18.2. The minimum absolute atomic E-state index is 1.36. The van der Waals surface area contributed by atoms with Gasteiger partial charge in [0.2, 0.25) is 0 Å². The Morgan fingerprint density at radius 3 is 0.390 bits per heavy atom. The molecule has 260 valence electrons. The van der Waals surface area contributed by atoms with E-state index >= 15 is 0 Å². The Morgan fingerprint density at radius 1 is 0.268 bits per heavy atom. The van der Waals surface area contributed by atoms with Gasteiger partial charge in [-0.1, -0.05) is 138 Å². The van der Waals surface area contributed by atoms with Crippen molar-refractivity contribution in [2.75, 3.05) is 0 Å². The molecule has 0 bridgehead atoms. The summed E-state index contributed by atoms with van der Waals surface area (Å²) in [6.45, 7) is -1.75. The Morgan fingerprint density at radius 2 is 0.341 bits per heavy atom. The third kappa shape index (κ3) is 340. The zero-order chi connectivity index (χ0) is 34.6. The molecule has 41 heavy (non-hydrogen) atoms. The van der Waals surface area contributed by atoms with E-state index in [0.717, 1.165) is 0 Å². The Labute approximate surface area is 269 Å². The van der Waals surface area contributed by atoms with Gasteiger partial charge < -0.3 is 58.7 Å². The van der Waals surface area contributed by atoms with Gasteiger partial charge in [0.15, 0.2) is 0 Å². The van der Waals surface area contributed by atoms with E-state index < -0.39 is 26.9 Å². The third-order valence-corrected chi connectivity index (χ3v) is 3.62. The van der Waals surface area contributed by atoms with Crippen molar-refractivity contribution in [2.24, 2.45) is 0 Å². The lowest BCUT2D eigenvalue weighted by atomic mass is 10.2. The lowest BCUT2D eigenvalue weighted by Crippen LogP contribution is -1.70. The van der Waals surface area contributed by atoms with Gasteiger partial charge in [-0.05, 0) is 47.2 Å². The highest BCUT2D eigenvalue weighted by Crippen LogP contribution is 2.27. The fourth-order valence-corrected chi connectivity index (χ4v) is 2.03. The van der Waals surface area contributed by atoms with Gasteiger partial charge in [0.1, 0.15) is 0 Å². The molecule has 0 aromatic heterocycles. The highest BCUT2D eigenvalue weighted by atomic mass is 32.5. The first-order valence-corrected chi connectivity index (χ1v) is 24.0. The first kappa shape index (κ1) is 58.6. The molecule has 0 saturated carbocycles. The first-order valence-electron chi connectivity index (χ1n) is 13.4. The van der Waals surface area contributed by atoms with Crippen molar-refractivity contribution in [3.05, 3.63) is 0 Å². The quantitative estimate of drug-likeness (QED) is 0.0846. The molecule has 0 aliphatic rings. The minimum atomic E-state index is -3.81. The van der Waals surface area contributed by atoms with E-state index in [4.69, 9.17) is 58.7 Å². The molecule has 0 aromatic carbocycles. The topological polar surface area (TPSA) is 243 Å². The maximum absolute atomic E-state index is 7.56. The van der Waals surface area contributed by atoms with Crippen LogP contribution in [0.4, 0.5) is 0 Å². The molecule has 0 aliphatic heterocycles. The van der Waals surface area contributed by atoms with Crippen molar-refractivity contribution < 1.29 is 58.7 Å². The van der Waals surface area contributed by atoms with Gasteiger partial charge in [-0.2, -0.15) is 0 Å². The Balaban J connectivity index is -0.0000000662. The van der Waals surface area contributed by atoms with Crippen molar-refractivity contribution in [1.29, 1.82) is 0 Å². The number of hydrogen-bond acceptors (Lipinski definition) is 4. The van der Waals surface area contributed by atoms with E-state index in [1.165, 1.54) is 96.3 Å². The van der Waals surface area contributed by atoms with Gasteiger partial charge in [-0.25, -0.2) is 0 Å². The van der Waals surface area contributed by atoms with Crippen molar-refractivity contribution in [2.45, 2.75) is 138 Å². The monoisotopic (exact) mass is 756 g/mol. The molecular formula is C21H60O12P4S4. The Kier molecular flexibility index (Phi) is 60.2. The van der Waals surface area contributed by atoms with Crippen LogP contribution in [-0.2, 0) is 47.2 Å². The first-order chi connectivity index (χ1) is 18.2. The molecule has 0 fully saturated rings. The van der Waals surface area contributed by atoms with Crippen LogP contribution in [0.2, 0.25) is 0 Å². The summed E-state index contributed by atoms with van der Waals surface area (Å²) in [5.41, 5.74) is 0. The molecule has 0 rings (SSSR count). The molecule has 0 aliphatic carbocycles. The normalized spacial score (nSPS) is 10.6. The standard InChI is InChI=1S/3C7H16.4H3O3PS/c3*1-3-5-7-6-4-2;4*1-4(2,3)5/h3*3-7H2,1-2H3;4*(H3,1,2,3,5). The van der Waals surface area contributed by atoms with Crippen LogP contribution in [0.5, 0.6) is 0 Å². The zero-order valence-corrected chi connectivity index (χ0v) is 32.2. The summed E-state index contributed by atoms with van der Waals surface area (Å²) in [5, 5.41) is 0. The largest absolute Gasteiger partial charge is 0.325 e. The molecule has 20 heteroatoms. The average molecular weight is 757 g/mol. The van der Waals surface area contributed by atoms with Crippen molar-refractivity contribution >= 4 is 74.1 Å². The molecule has 0 aromatic rings. The molecule has 0 radical (unpaired) electrons. The summed E-state index contributed by atoms with van der Waals surface area (Å²) >= 11 is 14.4. The van der Waals surface area contributed by atoms with E-state index in [-0.39, 0.29) is 0 Å². The maximum atomic E-state index is 7.56. The summed E-state index contributed by atoms with van der Waals surface area (Å²) in [6, 6.07) is 0. The van der Waals surface area contributed by atoms with Crippen LogP contribution in [0.25, 0.3) is 0 Å². The Hall–Kier alpha value is 2.12. The zero-order valence-electron chi connectivity index (χ0n) is 25.4. The van der Waals surface area contributed by atoms with Crippen LogP contribution in [0.1, 0.15) is 138 Å². The molecule has 12 N–H and O–H groups in total. The second kappa shape index (κ2) is 42.1. The highest BCUT2D eigenvalue weighted by Gasteiger charge is 1.93. The average Bonchev–Trinajstić information content (AvgIpc) is 2.71. The van der Waals surface area contributed by atoms with Gasteiger partial charge >= 0.3 is 26.9 Å². The SMILES string of the molecule is CCCCCCC.CCCCCCC.CCCCCCC.OP(O)(O)=S.OP(O)(O)=S.OP(O)(O)=S.OP(O)(O)=S. The number of hydrogen-bond donors (Lipinski definition) is 12. The molecule has 0 spiro atoms. The van der Waals surface area contributed by atoms with E-state index in [2.05, 4.69) is 88.8 Å². The van der Waals surface area contributed by atoms with Gasteiger partial charge in [0, 0.05) is 0 Å². The van der Waals surface area contributed by atoms with Crippen LogP contribution in [-0.4, -0.2) is 58.7 Å². The summed E-state index contributed by atoms with van der Waals surface area (Å²) < 4.78 is 0. The lowest BCUT2D eigenvalue weighted by molar-refractivity contribution is 0.361. The van der Waals surface area contributed by atoms with Gasteiger partial charge in [0.25, 0.3) is 0 Å². The van der Waals surface area contributed by atoms with Crippen molar-refractivity contribution in [3.63, 3.8) is 0 Å². The third-order valence-electron chi connectivity index (χ3n) is 3.62. The molecule has 0 amide bonds. The van der Waals surface area contributed by atoms with Gasteiger partial charge in [-0.15, -0.1) is 0 Å². The maximum Gasteiger partial charge on any atom is 0.319 e. The van der Waals surface area contributed by atoms with Crippen molar-refractivity contribution in [1.82, 2.24) is 0 Å². The van der Waals surface area contributed by atoms with E-state index in [1.807, 2.05) is 0 Å². The highest BCUT2D eigenvalue weighted by molar-refractivity contribution is 8.07. The summed E-state index contributed by atoms with van der Waals surface area (Å²) in [6.07, 6.45) is 21.0. The Bertz CT molecular complexity index is 508. The predicted octanol–water partition coefficient (Wildman–Crippen LogP) is 5.68. The van der Waals surface area contributed by atoms with Crippen LogP contribution in [0.15, 0.2) is 0 Å². The molecule has 0 saturated heterocycles. The van der Waals surface area contributed by atoms with E-state index in [9.17, 15) is 0 Å². The van der Waals surface area contributed by atoms with Crippen molar-refractivity contribution in [3.8, 4) is 0 Å². The van der Waals surface area contributed by atoms with E-state index in [0.29, 0.717) is 0 Å². The summed E-state index contributed by atoms with van der Waals surface area (Å²) in [5.74, 6) is 0.